The molecule has 0 aromatic carbocycles. The molecule has 0 bridgehead atoms. The number of nitrogens with zero attached hydrogens (tertiary/aromatic N) is 2. The van der Waals surface area contributed by atoms with Crippen molar-refractivity contribution in [1.29, 1.82) is 0 Å². The number of hydrogen-bond donors (Lipinski definition) is 0. The van der Waals surface area contributed by atoms with Crippen LogP contribution in [0.1, 0.15) is 167 Å². The van der Waals surface area contributed by atoms with Gasteiger partial charge in [-0.15, -0.1) is 0 Å². The first kappa shape index (κ1) is 65.8. The van der Waals surface area contributed by atoms with Crippen molar-refractivity contribution >= 4 is 47.7 Å². The molecule has 23 nitrogen and oxygen atoms in total. The minimum Gasteiger partial charge on any atom is -0.463 e. The number of amides is 1. The van der Waals surface area contributed by atoms with Crippen molar-refractivity contribution in [2.75, 3.05) is 33.0 Å². The van der Waals surface area contributed by atoms with Gasteiger partial charge in [-0.3, -0.25) is 43.3 Å². The van der Waals surface area contributed by atoms with Crippen LogP contribution in [0.4, 0.5) is 0 Å². The van der Waals surface area contributed by atoms with Crippen molar-refractivity contribution in [3.05, 3.63) is 0 Å². The van der Waals surface area contributed by atoms with E-state index in [2.05, 4.69) is 46.4 Å². The zero-order valence-electron chi connectivity index (χ0n) is 47.1. The topological polar surface area (TPSA) is 263 Å². The lowest BCUT2D eigenvalue weighted by Gasteiger charge is -2.48. The van der Waals surface area contributed by atoms with Crippen LogP contribution < -0.4 is 0 Å². The Bertz CT molecular complexity index is 1840. The van der Waals surface area contributed by atoms with E-state index in [0.717, 1.165) is 113 Å². The quantitative estimate of drug-likeness (QED) is 0.0355. The molecule has 0 aromatic heterocycles. The number of hydrogen-bond acceptors (Lipinski definition) is 22. The normalized spacial score (nSPS) is 26.9. The van der Waals surface area contributed by atoms with Gasteiger partial charge < -0.3 is 66.5 Å². The Morgan fingerprint density at radius 3 is 1.50 bits per heavy atom. The highest BCUT2D eigenvalue weighted by Crippen LogP contribution is 2.36. The van der Waals surface area contributed by atoms with Crippen LogP contribution in [0.2, 0.25) is 0 Å². The number of ether oxygens (including phenoxy) is 13. The summed E-state index contributed by atoms with van der Waals surface area (Å²) in [6.07, 6.45) is -6.34. The molecule has 3 heterocycles. The molecular weight excluding hydrogens is 1000 g/mol. The van der Waals surface area contributed by atoms with E-state index in [9.17, 15) is 38.4 Å². The second-order valence-electron chi connectivity index (χ2n) is 20.1. The van der Waals surface area contributed by atoms with Crippen molar-refractivity contribution in [2.24, 2.45) is 0 Å². The van der Waals surface area contributed by atoms with Gasteiger partial charge in [0.15, 0.2) is 43.1 Å². The predicted molar refractivity (Wildman–Crippen MR) is 268 cm³/mol. The lowest BCUT2D eigenvalue weighted by molar-refractivity contribution is -0.361. The van der Waals surface area contributed by atoms with Crippen LogP contribution >= 0.6 is 0 Å². The highest BCUT2D eigenvalue weighted by atomic mass is 16.8. The highest BCUT2D eigenvalue weighted by Gasteiger charge is 2.58. The molecule has 0 radical (unpaired) electrons. The second-order valence-corrected chi connectivity index (χ2v) is 20.1. The number of esters is 7. The maximum atomic E-state index is 13.6. The van der Waals surface area contributed by atoms with E-state index < -0.39 is 123 Å². The summed E-state index contributed by atoms with van der Waals surface area (Å²) in [5, 5.41) is 0. The molecule has 0 aromatic rings. The van der Waals surface area contributed by atoms with Crippen LogP contribution in [-0.2, 0) is 99.9 Å². The third-order valence-corrected chi connectivity index (χ3v) is 12.7. The maximum absolute atomic E-state index is 13.6. The first-order valence-corrected chi connectivity index (χ1v) is 27.0. The summed E-state index contributed by atoms with van der Waals surface area (Å²) in [7, 11) is 0. The molecule has 0 spiro atoms. The Morgan fingerprint density at radius 2 is 1.00 bits per heavy atom. The average Bonchev–Trinajstić information content (AvgIpc) is 3.71. The lowest BCUT2D eigenvalue weighted by Crippen LogP contribution is -2.67. The Morgan fingerprint density at radius 1 is 0.539 bits per heavy atom. The molecule has 1 amide bonds. The average molecular weight is 1090 g/mol. The van der Waals surface area contributed by atoms with Crippen LogP contribution in [0, 0.1) is 0 Å². The van der Waals surface area contributed by atoms with Crippen LogP contribution in [0.25, 0.3) is 0 Å². The number of carbonyl (C=O) groups is 8. The standard InChI is InChI=1S/C53H88N2O21/c1-14-23-40-27-41(73-53(65-25-15-2)55(31(3)4)32(5)6)28-54(40)44(63)24-21-19-17-16-18-20-22-26-64-51-49(71-38(12)61)48(70-37(11)60)46(43(74-51)30-67-34(8)57)76-52-50(72-39(13)62)47(69-36(10)59)45(68-35(9)58)42(75-52)29-66-33(7)56/h31-32,40-43,45-53H,14-30H2,1-13H3/t40-,41+,42?,43?,45?,46?,47?,48?,49?,50?,51?,52?,53?/m1/s1. The van der Waals surface area contributed by atoms with Gasteiger partial charge in [-0.1, -0.05) is 52.4 Å². The van der Waals surface area contributed by atoms with Crippen LogP contribution in [0.5, 0.6) is 0 Å². The molecule has 3 aliphatic heterocycles. The van der Waals surface area contributed by atoms with Gasteiger partial charge >= 0.3 is 41.8 Å². The van der Waals surface area contributed by atoms with Gasteiger partial charge in [-0.05, 0) is 59.8 Å². The smallest absolute Gasteiger partial charge is 0.303 e. The molecule has 3 rings (SSSR count). The van der Waals surface area contributed by atoms with Gasteiger partial charge in [0.05, 0.1) is 12.7 Å². The fourth-order valence-corrected chi connectivity index (χ4v) is 9.76. The molecule has 3 saturated heterocycles. The minimum atomic E-state index is -1.80. The van der Waals surface area contributed by atoms with Gasteiger partial charge in [0.25, 0.3) is 0 Å². The molecule has 0 N–H and O–H groups in total. The van der Waals surface area contributed by atoms with Crippen LogP contribution in [0.3, 0.4) is 0 Å². The monoisotopic (exact) mass is 1090 g/mol. The molecular formula is C53H88N2O21. The zero-order chi connectivity index (χ0) is 56.6. The van der Waals surface area contributed by atoms with Gasteiger partial charge in [0, 0.05) is 86.2 Å². The maximum Gasteiger partial charge on any atom is 0.303 e. The molecule has 76 heavy (non-hydrogen) atoms. The number of unbranched alkanes of at least 4 members (excludes halogenated alkanes) is 6. The van der Waals surface area contributed by atoms with Crippen molar-refractivity contribution in [2.45, 2.75) is 259 Å². The number of likely N-dealkylation sites (tertiary alicyclic amines) is 1. The minimum absolute atomic E-state index is 0.104. The summed E-state index contributed by atoms with van der Waals surface area (Å²) < 4.78 is 76.4. The van der Waals surface area contributed by atoms with Gasteiger partial charge in [-0.25, -0.2) is 0 Å². The Balaban J connectivity index is 1.69. The molecule has 0 saturated carbocycles. The van der Waals surface area contributed by atoms with Crippen molar-refractivity contribution in [3.8, 4) is 0 Å². The fraction of sp³-hybridized carbons (Fsp3) is 0.849. The third-order valence-electron chi connectivity index (χ3n) is 12.7. The summed E-state index contributed by atoms with van der Waals surface area (Å²) in [5.74, 6) is -5.64. The lowest BCUT2D eigenvalue weighted by atomic mass is 9.96. The molecule has 3 fully saturated rings. The van der Waals surface area contributed by atoms with Gasteiger partial charge in [-0.2, -0.15) is 0 Å². The van der Waals surface area contributed by atoms with E-state index >= 15 is 0 Å². The second kappa shape index (κ2) is 33.7. The summed E-state index contributed by atoms with van der Waals surface area (Å²) in [6, 6.07) is 0.578. The van der Waals surface area contributed by atoms with E-state index in [1.165, 1.54) is 0 Å². The van der Waals surface area contributed by atoms with Crippen LogP contribution in [-0.4, -0.2) is 183 Å². The van der Waals surface area contributed by atoms with E-state index in [4.69, 9.17) is 61.6 Å². The zero-order valence-corrected chi connectivity index (χ0v) is 47.1. The van der Waals surface area contributed by atoms with Crippen molar-refractivity contribution in [3.63, 3.8) is 0 Å². The molecule has 11 unspecified atom stereocenters. The Labute approximate surface area is 448 Å². The third kappa shape index (κ3) is 22.1. The summed E-state index contributed by atoms with van der Waals surface area (Å²) in [6.45, 7) is 20.5. The van der Waals surface area contributed by atoms with E-state index in [0.29, 0.717) is 26.0 Å². The number of rotatable bonds is 32. The molecule has 436 valence electrons. The van der Waals surface area contributed by atoms with Crippen molar-refractivity contribution < 1.29 is 99.9 Å². The molecule has 23 heteroatoms. The van der Waals surface area contributed by atoms with Crippen molar-refractivity contribution in [1.82, 2.24) is 9.80 Å². The molecule has 13 atom stereocenters. The first-order valence-electron chi connectivity index (χ1n) is 27.0. The highest BCUT2D eigenvalue weighted by molar-refractivity contribution is 5.77. The van der Waals surface area contributed by atoms with E-state index in [1.54, 1.807) is 0 Å². The summed E-state index contributed by atoms with van der Waals surface area (Å²) >= 11 is 0. The fourth-order valence-electron chi connectivity index (χ4n) is 9.76. The number of carbonyl (C=O) groups excluding carboxylic acids is 8. The summed E-state index contributed by atoms with van der Waals surface area (Å²) in [5.41, 5.74) is 0. The van der Waals surface area contributed by atoms with E-state index in [-0.39, 0.29) is 36.7 Å². The summed E-state index contributed by atoms with van der Waals surface area (Å²) in [4.78, 5) is 105. The Kier molecular flexibility index (Phi) is 29.2. The predicted octanol–water partition coefficient (Wildman–Crippen LogP) is 5.36. The van der Waals surface area contributed by atoms with Gasteiger partial charge in [0.2, 0.25) is 12.3 Å². The molecule has 3 aliphatic rings. The molecule has 0 aliphatic carbocycles. The Hall–Kier alpha value is -4.52. The van der Waals surface area contributed by atoms with E-state index in [1.807, 2.05) is 4.90 Å². The van der Waals surface area contributed by atoms with Gasteiger partial charge in [0.1, 0.15) is 31.5 Å². The SMILES string of the molecule is CCCOC(O[C@H]1C[C@@H](CCC)N(C(=O)CCCCCCCCCOC2OC(COC(C)=O)C(OC3OC(COC(C)=O)C(OC(C)=O)C(OC(C)=O)C3OC(C)=O)C(OC(C)=O)C2OC(C)=O)C1)N(C(C)C)C(C)C. The largest absolute Gasteiger partial charge is 0.463 e. The first-order chi connectivity index (χ1) is 36.0. The van der Waals surface area contributed by atoms with Crippen LogP contribution in [0.15, 0.2) is 0 Å².